The zero-order chi connectivity index (χ0) is 20.1. The summed E-state index contributed by atoms with van der Waals surface area (Å²) >= 11 is 0. The summed E-state index contributed by atoms with van der Waals surface area (Å²) in [6.07, 6.45) is 1.60. The van der Waals surface area contributed by atoms with E-state index in [2.05, 4.69) is 40.5 Å². The monoisotopic (exact) mass is 380 g/mol. The zero-order valence-corrected chi connectivity index (χ0v) is 15.7. The van der Waals surface area contributed by atoms with Crippen LogP contribution in [0, 0.1) is 0 Å². The molecule has 0 spiro atoms. The molecule has 0 aliphatic carbocycles. The maximum Gasteiger partial charge on any atom is 0.211 e. The zero-order valence-electron chi connectivity index (χ0n) is 15.7. The molecule has 0 saturated carbocycles. The van der Waals surface area contributed by atoms with Gasteiger partial charge in [-0.15, -0.1) is 5.10 Å². The Hall–Kier alpha value is -4.19. The van der Waals surface area contributed by atoms with Crippen molar-refractivity contribution in [2.24, 2.45) is 21.7 Å². The largest absolute Gasteiger partial charge is 0.369 e. The molecule has 4 N–H and O–H groups in total. The molecule has 1 heterocycles. The number of guanidine groups is 1. The summed E-state index contributed by atoms with van der Waals surface area (Å²) in [5.74, 6) is -0.0737. The van der Waals surface area contributed by atoms with Crippen molar-refractivity contribution >= 4 is 12.2 Å². The Kier molecular flexibility index (Phi) is 5.16. The Balaban J connectivity index is 1.75. The number of hydrogen-bond acceptors (Lipinski definition) is 3. The van der Waals surface area contributed by atoms with Gasteiger partial charge in [0.2, 0.25) is 5.96 Å². The molecule has 0 fully saturated rings. The van der Waals surface area contributed by atoms with Crippen LogP contribution in [0.3, 0.4) is 0 Å². The van der Waals surface area contributed by atoms with Crippen molar-refractivity contribution < 1.29 is 0 Å². The molecule has 0 amide bonds. The second-order valence-corrected chi connectivity index (χ2v) is 6.42. The molecule has 4 rings (SSSR count). The van der Waals surface area contributed by atoms with Gasteiger partial charge in [-0.05, 0) is 23.8 Å². The van der Waals surface area contributed by atoms with Crippen molar-refractivity contribution in [3.63, 3.8) is 0 Å². The SMILES string of the molecule is NC(N)=N/N=C/c1ccc(-n2nc(-c3ccccc3)cc2-c2ccccc2)cc1. The van der Waals surface area contributed by atoms with Crippen LogP contribution < -0.4 is 11.5 Å². The van der Waals surface area contributed by atoms with Crippen molar-refractivity contribution in [1.82, 2.24) is 9.78 Å². The molecule has 0 aliphatic heterocycles. The van der Waals surface area contributed by atoms with Crippen LogP contribution in [0.1, 0.15) is 5.56 Å². The predicted octanol–water partition coefficient (Wildman–Crippen LogP) is 3.81. The van der Waals surface area contributed by atoms with Crippen molar-refractivity contribution in [3.8, 4) is 28.2 Å². The van der Waals surface area contributed by atoms with Crippen LogP contribution in [-0.4, -0.2) is 22.0 Å². The first kappa shape index (κ1) is 18.2. The molecule has 6 heteroatoms. The van der Waals surface area contributed by atoms with Crippen molar-refractivity contribution in [3.05, 3.63) is 96.6 Å². The van der Waals surface area contributed by atoms with Crippen molar-refractivity contribution in [2.45, 2.75) is 0 Å². The van der Waals surface area contributed by atoms with Crippen LogP contribution in [0.2, 0.25) is 0 Å². The maximum atomic E-state index is 5.28. The molecule has 0 bridgehead atoms. The number of hydrogen-bond donors (Lipinski definition) is 2. The van der Waals surface area contributed by atoms with E-state index in [1.165, 1.54) is 0 Å². The Morgan fingerprint density at radius 3 is 2.03 bits per heavy atom. The Morgan fingerprint density at radius 2 is 1.41 bits per heavy atom. The van der Waals surface area contributed by atoms with Crippen LogP contribution in [0.25, 0.3) is 28.2 Å². The molecule has 0 unspecified atom stereocenters. The van der Waals surface area contributed by atoms with E-state index in [4.69, 9.17) is 16.6 Å². The summed E-state index contributed by atoms with van der Waals surface area (Å²) < 4.78 is 1.95. The average Bonchev–Trinajstić information content (AvgIpc) is 3.21. The minimum atomic E-state index is -0.0737. The molecule has 0 radical (unpaired) electrons. The van der Waals surface area contributed by atoms with Gasteiger partial charge in [-0.1, -0.05) is 72.8 Å². The Bertz CT molecular complexity index is 1140. The van der Waals surface area contributed by atoms with Crippen LogP contribution >= 0.6 is 0 Å². The third-order valence-electron chi connectivity index (χ3n) is 4.37. The normalized spacial score (nSPS) is 10.9. The second-order valence-electron chi connectivity index (χ2n) is 6.42. The lowest BCUT2D eigenvalue weighted by molar-refractivity contribution is 0.892. The van der Waals surface area contributed by atoms with Gasteiger partial charge in [0.1, 0.15) is 0 Å². The third kappa shape index (κ3) is 4.22. The molecule has 3 aromatic carbocycles. The molecule has 4 aromatic rings. The standard InChI is InChI=1S/C23H20N6/c24-23(25)27-26-16-17-11-13-20(14-12-17)29-22(19-9-5-2-6-10-19)15-21(28-29)18-7-3-1-4-8-18/h1-16H,(H4,24,25,27)/b26-16+. The first-order valence-electron chi connectivity index (χ1n) is 9.14. The van der Waals surface area contributed by atoms with E-state index in [1.54, 1.807) is 6.21 Å². The summed E-state index contributed by atoms with van der Waals surface area (Å²) in [6.45, 7) is 0. The quantitative estimate of drug-likeness (QED) is 0.313. The lowest BCUT2D eigenvalue weighted by atomic mass is 10.1. The van der Waals surface area contributed by atoms with E-state index in [-0.39, 0.29) is 5.96 Å². The molecule has 0 atom stereocenters. The van der Waals surface area contributed by atoms with E-state index in [0.717, 1.165) is 33.8 Å². The third-order valence-corrected chi connectivity index (χ3v) is 4.37. The minimum Gasteiger partial charge on any atom is -0.369 e. The van der Waals surface area contributed by atoms with Crippen LogP contribution in [0.5, 0.6) is 0 Å². The van der Waals surface area contributed by atoms with Crippen molar-refractivity contribution in [1.29, 1.82) is 0 Å². The molecule has 0 aliphatic rings. The lowest BCUT2D eigenvalue weighted by Gasteiger charge is -2.08. The van der Waals surface area contributed by atoms with Crippen LogP contribution in [0.15, 0.2) is 101 Å². The van der Waals surface area contributed by atoms with Crippen molar-refractivity contribution in [2.75, 3.05) is 0 Å². The smallest absolute Gasteiger partial charge is 0.211 e. The molecular weight excluding hydrogens is 360 g/mol. The maximum absolute atomic E-state index is 5.28. The number of benzene rings is 3. The van der Waals surface area contributed by atoms with E-state index < -0.39 is 0 Å². The first-order chi connectivity index (χ1) is 14.2. The number of nitrogens with two attached hydrogens (primary N) is 2. The van der Waals surface area contributed by atoms with Gasteiger partial charge in [-0.25, -0.2) is 4.68 Å². The molecular formula is C23H20N6. The van der Waals surface area contributed by atoms with Gasteiger partial charge < -0.3 is 11.5 Å². The summed E-state index contributed by atoms with van der Waals surface area (Å²) in [5.41, 5.74) is 16.5. The number of rotatable bonds is 5. The van der Waals surface area contributed by atoms with Crippen LogP contribution in [0.4, 0.5) is 0 Å². The van der Waals surface area contributed by atoms with E-state index in [9.17, 15) is 0 Å². The predicted molar refractivity (Wildman–Crippen MR) is 118 cm³/mol. The van der Waals surface area contributed by atoms with Gasteiger partial charge in [-0.2, -0.15) is 10.2 Å². The molecule has 6 nitrogen and oxygen atoms in total. The molecule has 29 heavy (non-hydrogen) atoms. The molecule has 1 aromatic heterocycles. The van der Waals surface area contributed by atoms with E-state index >= 15 is 0 Å². The van der Waals surface area contributed by atoms with Gasteiger partial charge in [0.15, 0.2) is 0 Å². The van der Waals surface area contributed by atoms with Gasteiger partial charge in [0, 0.05) is 11.1 Å². The summed E-state index contributed by atoms with van der Waals surface area (Å²) in [7, 11) is 0. The summed E-state index contributed by atoms with van der Waals surface area (Å²) in [5, 5.41) is 12.3. The lowest BCUT2D eigenvalue weighted by Crippen LogP contribution is -2.21. The summed E-state index contributed by atoms with van der Waals surface area (Å²) in [4.78, 5) is 0. The van der Waals surface area contributed by atoms with E-state index in [1.807, 2.05) is 65.3 Å². The van der Waals surface area contributed by atoms with E-state index in [0.29, 0.717) is 0 Å². The molecule has 142 valence electrons. The fourth-order valence-corrected chi connectivity index (χ4v) is 3.01. The van der Waals surface area contributed by atoms with Gasteiger partial charge in [0.05, 0.1) is 23.3 Å². The van der Waals surface area contributed by atoms with Gasteiger partial charge >= 0.3 is 0 Å². The first-order valence-corrected chi connectivity index (χ1v) is 9.14. The fraction of sp³-hybridized carbons (Fsp3) is 0. The average molecular weight is 380 g/mol. The number of aromatic nitrogens is 2. The highest BCUT2D eigenvalue weighted by molar-refractivity contribution is 5.82. The Morgan fingerprint density at radius 1 is 0.793 bits per heavy atom. The minimum absolute atomic E-state index is 0.0737. The topological polar surface area (TPSA) is 94.6 Å². The van der Waals surface area contributed by atoms with Gasteiger partial charge in [-0.3, -0.25) is 0 Å². The highest BCUT2D eigenvalue weighted by atomic mass is 15.3. The van der Waals surface area contributed by atoms with Crippen LogP contribution in [-0.2, 0) is 0 Å². The second kappa shape index (κ2) is 8.22. The fourth-order valence-electron chi connectivity index (χ4n) is 3.01. The van der Waals surface area contributed by atoms with Gasteiger partial charge in [0.25, 0.3) is 0 Å². The summed E-state index contributed by atoms with van der Waals surface area (Å²) in [6, 6.07) is 30.4. The molecule has 0 saturated heterocycles. The number of nitrogens with zero attached hydrogens (tertiary/aromatic N) is 4. The Labute approximate surface area is 168 Å². The highest BCUT2D eigenvalue weighted by Crippen LogP contribution is 2.28. The highest BCUT2D eigenvalue weighted by Gasteiger charge is 2.12.